The number of benzene rings is 2. The molecular formula is C22H25BrN2O3S. The van der Waals surface area contributed by atoms with E-state index in [-0.39, 0.29) is 17.9 Å². The van der Waals surface area contributed by atoms with Gasteiger partial charge < -0.3 is 15.0 Å². The number of carbonyl (C=O) groups is 2. The van der Waals surface area contributed by atoms with Gasteiger partial charge in [-0.1, -0.05) is 62.5 Å². The number of methoxy groups -OCH3 is 1. The zero-order valence-corrected chi connectivity index (χ0v) is 19.3. The molecule has 0 saturated heterocycles. The number of nitrogens with one attached hydrogen (secondary N) is 1. The minimum absolute atomic E-state index is 0.0564. The highest BCUT2D eigenvalue weighted by Gasteiger charge is 2.29. The first kappa shape index (κ1) is 23.0. The zero-order valence-electron chi connectivity index (χ0n) is 16.9. The van der Waals surface area contributed by atoms with Gasteiger partial charge in [0, 0.05) is 13.5 Å². The quantitative estimate of drug-likeness (QED) is 0.447. The van der Waals surface area contributed by atoms with Crippen LogP contribution in [-0.4, -0.2) is 34.9 Å². The summed E-state index contributed by atoms with van der Waals surface area (Å²) in [4.78, 5) is 26.7. The van der Waals surface area contributed by atoms with Crippen LogP contribution in [0.2, 0.25) is 0 Å². The van der Waals surface area contributed by atoms with Gasteiger partial charge in [-0.2, -0.15) is 0 Å². The number of amides is 1. The Bertz CT molecular complexity index is 887. The van der Waals surface area contributed by atoms with Gasteiger partial charge in [-0.05, 0) is 39.5 Å². The molecule has 29 heavy (non-hydrogen) atoms. The van der Waals surface area contributed by atoms with Crippen molar-refractivity contribution in [1.82, 2.24) is 4.90 Å². The summed E-state index contributed by atoms with van der Waals surface area (Å²) in [5.41, 5.74) is 2.07. The van der Waals surface area contributed by atoms with E-state index in [4.69, 9.17) is 17.0 Å². The molecule has 0 aliphatic carbocycles. The summed E-state index contributed by atoms with van der Waals surface area (Å²) in [7, 11) is 1.34. The van der Waals surface area contributed by atoms with E-state index in [9.17, 15) is 9.59 Å². The highest BCUT2D eigenvalue weighted by Crippen LogP contribution is 2.28. The number of hydrogen-bond donors (Lipinski definition) is 1. The molecule has 0 radical (unpaired) electrons. The van der Waals surface area contributed by atoms with Gasteiger partial charge in [0.2, 0.25) is 5.91 Å². The van der Waals surface area contributed by atoms with Crippen molar-refractivity contribution >= 4 is 50.7 Å². The minimum Gasteiger partial charge on any atom is -0.465 e. The molecule has 0 aliphatic heterocycles. The van der Waals surface area contributed by atoms with Crippen molar-refractivity contribution in [2.75, 3.05) is 12.4 Å². The Morgan fingerprint density at radius 3 is 2.34 bits per heavy atom. The molecule has 5 nitrogen and oxygen atoms in total. The summed E-state index contributed by atoms with van der Waals surface area (Å²) in [6.45, 7) is 6.07. The van der Waals surface area contributed by atoms with Crippen molar-refractivity contribution in [3.63, 3.8) is 0 Å². The fourth-order valence-corrected chi connectivity index (χ4v) is 4.13. The molecule has 0 saturated carbocycles. The van der Waals surface area contributed by atoms with E-state index < -0.39 is 5.97 Å². The number of halogens is 1. The lowest BCUT2D eigenvalue weighted by Gasteiger charge is -2.35. The van der Waals surface area contributed by atoms with Gasteiger partial charge in [0.15, 0.2) is 0 Å². The first-order valence-corrected chi connectivity index (χ1v) is 10.4. The van der Waals surface area contributed by atoms with Crippen LogP contribution in [0.3, 0.4) is 0 Å². The second-order valence-electron chi connectivity index (χ2n) is 6.97. The van der Waals surface area contributed by atoms with Crippen LogP contribution in [0.5, 0.6) is 0 Å². The lowest BCUT2D eigenvalue weighted by Crippen LogP contribution is -2.48. The first-order valence-electron chi connectivity index (χ1n) is 9.25. The Hall–Kier alpha value is -2.25. The molecule has 0 bridgehead atoms. The number of thiocarbonyl (C=S) groups is 1. The Morgan fingerprint density at radius 1 is 1.14 bits per heavy atom. The van der Waals surface area contributed by atoms with E-state index in [0.29, 0.717) is 27.3 Å². The zero-order chi connectivity index (χ0) is 21.6. The summed E-state index contributed by atoms with van der Waals surface area (Å²) in [6, 6.07) is 14.7. The van der Waals surface area contributed by atoms with E-state index in [0.717, 1.165) is 5.56 Å². The summed E-state index contributed by atoms with van der Waals surface area (Å²) in [5.74, 6) is -0.412. The molecule has 2 aromatic carbocycles. The third-order valence-corrected chi connectivity index (χ3v) is 5.70. The van der Waals surface area contributed by atoms with Crippen LogP contribution in [0.25, 0.3) is 0 Å². The molecule has 7 heteroatoms. The van der Waals surface area contributed by atoms with Gasteiger partial charge in [0.25, 0.3) is 0 Å². The lowest BCUT2D eigenvalue weighted by atomic mass is 10.0. The topological polar surface area (TPSA) is 58.6 Å². The number of carbonyl (C=O) groups excluding carboxylic acids is 2. The molecule has 2 aromatic rings. The predicted octanol–water partition coefficient (Wildman–Crippen LogP) is 5.05. The normalized spacial score (nSPS) is 11.7. The number of esters is 1. The SMILES string of the molecule is COC(=O)c1cccc(NC(=S)C(C(C)C)N(Cc2ccccc2)C(C)=O)c1Br. The molecule has 2 rings (SSSR count). The maximum atomic E-state index is 12.5. The Labute approximate surface area is 185 Å². The standard InChI is InChI=1S/C22H25BrN2O3S/c1-14(2)20(25(15(3)26)13-16-9-6-5-7-10-16)21(29)24-18-12-8-11-17(19(18)23)22(27)28-4/h5-12,14,20H,13H2,1-4H3,(H,24,29). The van der Waals surface area contributed by atoms with E-state index in [1.807, 2.05) is 50.2 Å². The maximum absolute atomic E-state index is 12.5. The molecule has 0 aliphatic rings. The third-order valence-electron chi connectivity index (χ3n) is 4.50. The number of anilines is 1. The fourth-order valence-electron chi connectivity index (χ4n) is 3.09. The molecule has 0 heterocycles. The molecule has 1 unspecified atom stereocenters. The van der Waals surface area contributed by atoms with E-state index in [2.05, 4.69) is 21.2 Å². The van der Waals surface area contributed by atoms with Crippen molar-refractivity contribution < 1.29 is 14.3 Å². The smallest absolute Gasteiger partial charge is 0.339 e. The van der Waals surface area contributed by atoms with E-state index in [1.54, 1.807) is 24.0 Å². The number of hydrogen-bond acceptors (Lipinski definition) is 4. The van der Waals surface area contributed by atoms with Gasteiger partial charge in [0.05, 0.1) is 28.9 Å². The van der Waals surface area contributed by atoms with Crippen LogP contribution in [0.1, 0.15) is 36.7 Å². The van der Waals surface area contributed by atoms with Crippen LogP contribution in [0.4, 0.5) is 5.69 Å². The van der Waals surface area contributed by atoms with Crippen molar-refractivity contribution in [1.29, 1.82) is 0 Å². The summed E-state index contributed by atoms with van der Waals surface area (Å²) in [6.07, 6.45) is 0. The second-order valence-corrected chi connectivity index (χ2v) is 8.20. The van der Waals surface area contributed by atoms with Crippen LogP contribution in [-0.2, 0) is 16.1 Å². The maximum Gasteiger partial charge on any atom is 0.339 e. The van der Waals surface area contributed by atoms with Gasteiger partial charge in [-0.25, -0.2) is 4.79 Å². The van der Waals surface area contributed by atoms with Crippen molar-refractivity contribution in [3.8, 4) is 0 Å². The third kappa shape index (κ3) is 5.87. The minimum atomic E-state index is -0.443. The molecule has 1 amide bonds. The average Bonchev–Trinajstić information content (AvgIpc) is 2.69. The number of ether oxygens (including phenoxy) is 1. The van der Waals surface area contributed by atoms with E-state index >= 15 is 0 Å². The van der Waals surface area contributed by atoms with Gasteiger partial charge in [-0.15, -0.1) is 0 Å². The highest BCUT2D eigenvalue weighted by molar-refractivity contribution is 9.10. The Kier molecular flexibility index (Phi) is 8.34. The van der Waals surface area contributed by atoms with Gasteiger partial charge in [-0.3, -0.25) is 4.79 Å². The van der Waals surface area contributed by atoms with Crippen LogP contribution < -0.4 is 5.32 Å². The van der Waals surface area contributed by atoms with Crippen LogP contribution in [0, 0.1) is 5.92 Å². The van der Waals surface area contributed by atoms with Crippen LogP contribution >= 0.6 is 28.1 Å². The molecule has 0 spiro atoms. The summed E-state index contributed by atoms with van der Waals surface area (Å²) in [5, 5.41) is 3.22. The van der Waals surface area contributed by atoms with Gasteiger partial charge >= 0.3 is 5.97 Å². The predicted molar refractivity (Wildman–Crippen MR) is 123 cm³/mol. The molecule has 1 atom stereocenters. The Balaban J connectivity index is 2.31. The fraction of sp³-hybridized carbons (Fsp3) is 0.318. The summed E-state index contributed by atoms with van der Waals surface area (Å²) >= 11 is 9.15. The average molecular weight is 477 g/mol. The Morgan fingerprint density at radius 2 is 1.79 bits per heavy atom. The highest BCUT2D eigenvalue weighted by atomic mass is 79.9. The second kappa shape index (κ2) is 10.5. The number of nitrogens with zero attached hydrogens (tertiary/aromatic N) is 1. The molecule has 0 aromatic heterocycles. The first-order chi connectivity index (χ1) is 13.8. The molecule has 154 valence electrons. The monoisotopic (exact) mass is 476 g/mol. The molecule has 0 fully saturated rings. The van der Waals surface area contributed by atoms with Crippen molar-refractivity contribution in [2.24, 2.45) is 5.92 Å². The van der Waals surface area contributed by atoms with Gasteiger partial charge in [0.1, 0.15) is 4.99 Å². The molecule has 1 N–H and O–H groups in total. The van der Waals surface area contributed by atoms with Crippen molar-refractivity contribution in [2.45, 2.75) is 33.4 Å². The summed E-state index contributed by atoms with van der Waals surface area (Å²) < 4.78 is 5.38. The molecular weight excluding hydrogens is 452 g/mol. The van der Waals surface area contributed by atoms with E-state index in [1.165, 1.54) is 7.11 Å². The van der Waals surface area contributed by atoms with Crippen LogP contribution in [0.15, 0.2) is 53.0 Å². The lowest BCUT2D eigenvalue weighted by molar-refractivity contribution is -0.131. The number of rotatable bonds is 7. The largest absolute Gasteiger partial charge is 0.465 e. The van der Waals surface area contributed by atoms with Crippen molar-refractivity contribution in [3.05, 3.63) is 64.1 Å².